The zero-order valence-electron chi connectivity index (χ0n) is 28.1. The first-order valence-corrected chi connectivity index (χ1v) is 20.9. The van der Waals surface area contributed by atoms with Gasteiger partial charge in [0.25, 0.3) is 0 Å². The second kappa shape index (κ2) is 11.2. The van der Waals surface area contributed by atoms with Crippen LogP contribution in [0.25, 0.3) is 33.3 Å². The van der Waals surface area contributed by atoms with E-state index < -0.39 is 8.07 Å². The average Bonchev–Trinajstić information content (AvgIpc) is 3.39. The Kier molecular flexibility index (Phi) is 7.17. The van der Waals surface area contributed by atoms with Crippen molar-refractivity contribution in [2.24, 2.45) is 4.99 Å². The lowest BCUT2D eigenvalue weighted by Crippen LogP contribution is -2.54. The van der Waals surface area contributed by atoms with Crippen LogP contribution in [0.15, 0.2) is 82.5 Å². The molecule has 1 saturated carbocycles. The Morgan fingerprint density at radius 2 is 1.67 bits per heavy atom. The monoisotopic (exact) mass is 624 g/mol. The van der Waals surface area contributed by atoms with Gasteiger partial charge >= 0.3 is 0 Å². The number of hydrogen-bond acceptors (Lipinski definition) is 3. The molecule has 8 rings (SSSR count). The molecule has 2 aliphatic heterocycles. The molecule has 46 heavy (non-hydrogen) atoms. The van der Waals surface area contributed by atoms with E-state index in [0.717, 1.165) is 52.7 Å². The summed E-state index contributed by atoms with van der Waals surface area (Å²) in [6, 6.07) is 20.9. The van der Waals surface area contributed by atoms with Gasteiger partial charge in [-0.05, 0) is 98.0 Å². The van der Waals surface area contributed by atoms with Gasteiger partial charge in [-0.1, -0.05) is 63.7 Å². The van der Waals surface area contributed by atoms with Crippen LogP contribution in [0.5, 0.6) is 0 Å². The topological polar surface area (TPSA) is 42.3 Å². The minimum absolute atomic E-state index is 0.271. The van der Waals surface area contributed by atoms with E-state index in [-0.39, 0.29) is 6.04 Å². The van der Waals surface area contributed by atoms with Crippen molar-refractivity contribution in [1.82, 2.24) is 4.98 Å². The predicted octanol–water partition coefficient (Wildman–Crippen LogP) is 9.83. The molecular formula is C41H46N3OSi+. The summed E-state index contributed by atoms with van der Waals surface area (Å²) in [6.45, 7) is 16.3. The summed E-state index contributed by atoms with van der Waals surface area (Å²) < 4.78 is 9.00. The van der Waals surface area contributed by atoms with Gasteiger partial charge in [-0.25, -0.2) is 4.98 Å². The van der Waals surface area contributed by atoms with Gasteiger partial charge in [0, 0.05) is 50.6 Å². The molecule has 2 atom stereocenters. The van der Waals surface area contributed by atoms with Crippen molar-refractivity contribution in [1.29, 1.82) is 0 Å². The maximum Gasteiger partial charge on any atom is 0.227 e. The molecule has 1 fully saturated rings. The van der Waals surface area contributed by atoms with Gasteiger partial charge in [-0.15, -0.1) is 0 Å². The molecular weight excluding hydrogens is 579 g/mol. The number of fused-ring (bicyclic) bond motifs is 10. The second-order valence-corrected chi connectivity index (χ2v) is 20.2. The van der Waals surface area contributed by atoms with E-state index in [9.17, 15) is 0 Å². The molecule has 0 bridgehead atoms. The fourth-order valence-corrected chi connectivity index (χ4v) is 10.4. The predicted molar refractivity (Wildman–Crippen MR) is 193 cm³/mol. The standard InChI is InChI=1S/C41H46N3OSi/c1-25-16-18-33-36-22-34-27(3)42-26(2)20-37-32(19-17-29(34)21-39(36)45-41(33)43-25)30-14-10-11-15-31(30)38-23-35(28-12-8-7-9-13-28)40(24-44(37)38)46(4,5)6/h10-11,14-16,18,21-24,28,32,37H,2,7-9,12-13,17,19-20H2,1,3-6H3/q+1. The number of aromatic nitrogens is 2. The molecule has 3 aliphatic rings. The third kappa shape index (κ3) is 4.99. The molecule has 0 N–H and O–H groups in total. The molecule has 3 aromatic heterocycles. The number of aliphatic imine (C=N–C) groups is 1. The number of furan rings is 1. The Bertz CT molecular complexity index is 2060. The van der Waals surface area contributed by atoms with Crippen molar-refractivity contribution in [3.05, 3.63) is 101 Å². The Balaban J connectivity index is 1.28. The van der Waals surface area contributed by atoms with Crippen molar-refractivity contribution in [3.8, 4) is 11.3 Å². The van der Waals surface area contributed by atoms with Crippen LogP contribution in [0.2, 0.25) is 19.6 Å². The first kappa shape index (κ1) is 29.6. The van der Waals surface area contributed by atoms with Gasteiger partial charge < -0.3 is 4.42 Å². The van der Waals surface area contributed by atoms with Crippen molar-refractivity contribution >= 4 is 41.0 Å². The summed E-state index contributed by atoms with van der Waals surface area (Å²) in [4.78, 5) is 9.91. The van der Waals surface area contributed by atoms with Crippen LogP contribution >= 0.6 is 0 Å². The number of hydrogen-bond donors (Lipinski definition) is 0. The maximum atomic E-state index is 6.33. The Morgan fingerprint density at radius 1 is 0.870 bits per heavy atom. The highest BCUT2D eigenvalue weighted by atomic mass is 28.3. The number of allylic oxidation sites excluding steroid dienone is 1. The number of pyridine rings is 2. The number of benzene rings is 2. The first-order chi connectivity index (χ1) is 22.2. The van der Waals surface area contributed by atoms with Gasteiger partial charge in [0.1, 0.15) is 5.58 Å². The smallest absolute Gasteiger partial charge is 0.227 e. The van der Waals surface area contributed by atoms with Crippen molar-refractivity contribution in [2.45, 2.75) is 103 Å². The number of aryl methyl sites for hydroxylation is 2. The summed E-state index contributed by atoms with van der Waals surface area (Å²) in [5.41, 5.74) is 13.0. The molecule has 5 heterocycles. The highest BCUT2D eigenvalue weighted by Crippen LogP contribution is 2.45. The Labute approximate surface area is 274 Å². The van der Waals surface area contributed by atoms with Crippen molar-refractivity contribution in [3.63, 3.8) is 0 Å². The molecule has 1 aliphatic carbocycles. The molecule has 2 aromatic carbocycles. The van der Waals surface area contributed by atoms with Crippen LogP contribution in [-0.2, 0) is 6.42 Å². The van der Waals surface area contributed by atoms with Crippen molar-refractivity contribution < 1.29 is 8.98 Å². The third-order valence-electron chi connectivity index (χ3n) is 11.0. The number of rotatable bonds is 2. The van der Waals surface area contributed by atoms with Crippen LogP contribution in [0.4, 0.5) is 0 Å². The van der Waals surface area contributed by atoms with E-state index in [1.165, 1.54) is 60.1 Å². The molecule has 4 nitrogen and oxygen atoms in total. The Morgan fingerprint density at radius 3 is 2.48 bits per heavy atom. The summed E-state index contributed by atoms with van der Waals surface area (Å²) in [7, 11) is -1.62. The Hall–Kier alpha value is -3.83. The van der Waals surface area contributed by atoms with Crippen LogP contribution in [-0.4, -0.2) is 18.8 Å². The zero-order chi connectivity index (χ0) is 31.7. The summed E-state index contributed by atoms with van der Waals surface area (Å²) in [6.07, 6.45) is 12.2. The summed E-state index contributed by atoms with van der Waals surface area (Å²) in [5, 5.41) is 3.81. The average molecular weight is 625 g/mol. The molecule has 0 amide bonds. The van der Waals surface area contributed by atoms with Gasteiger partial charge in [0.2, 0.25) is 11.4 Å². The first-order valence-electron chi connectivity index (χ1n) is 17.4. The lowest BCUT2D eigenvalue weighted by Gasteiger charge is -2.34. The third-order valence-corrected chi connectivity index (χ3v) is 13.1. The molecule has 0 spiro atoms. The molecule has 234 valence electrons. The van der Waals surface area contributed by atoms with Gasteiger partial charge in [0.15, 0.2) is 12.2 Å². The zero-order valence-corrected chi connectivity index (χ0v) is 29.1. The van der Waals surface area contributed by atoms with E-state index in [0.29, 0.717) is 17.5 Å². The van der Waals surface area contributed by atoms with Gasteiger partial charge in [-0.2, -0.15) is 4.57 Å². The maximum absolute atomic E-state index is 6.33. The largest absolute Gasteiger partial charge is 0.438 e. The van der Waals surface area contributed by atoms with Crippen LogP contribution in [0, 0.1) is 6.92 Å². The molecule has 5 aromatic rings. The normalized spacial score (nSPS) is 20.5. The minimum atomic E-state index is -1.62. The highest BCUT2D eigenvalue weighted by molar-refractivity contribution is 6.89. The molecule has 5 heteroatoms. The molecule has 2 unspecified atom stereocenters. The summed E-state index contributed by atoms with van der Waals surface area (Å²) in [5.74, 6) is 1.04. The van der Waals surface area contributed by atoms with Crippen LogP contribution in [0.3, 0.4) is 0 Å². The minimum Gasteiger partial charge on any atom is -0.438 e. The molecule has 0 radical (unpaired) electrons. The van der Waals surface area contributed by atoms with Crippen molar-refractivity contribution in [2.75, 3.05) is 0 Å². The molecule has 0 saturated heterocycles. The lowest BCUT2D eigenvalue weighted by molar-refractivity contribution is -0.717. The highest BCUT2D eigenvalue weighted by Gasteiger charge is 2.43. The second-order valence-electron chi connectivity index (χ2n) is 15.2. The van der Waals surface area contributed by atoms with E-state index in [2.05, 4.69) is 103 Å². The van der Waals surface area contributed by atoms with Crippen LogP contribution in [0.1, 0.15) is 97.7 Å². The summed E-state index contributed by atoms with van der Waals surface area (Å²) >= 11 is 0. The van der Waals surface area contributed by atoms with E-state index in [4.69, 9.17) is 9.41 Å². The van der Waals surface area contributed by atoms with E-state index in [1.54, 1.807) is 10.8 Å². The number of nitrogens with zero attached hydrogens (tertiary/aromatic N) is 3. The van der Waals surface area contributed by atoms with E-state index in [1.807, 2.05) is 6.92 Å². The fourth-order valence-electron chi connectivity index (χ4n) is 8.77. The SMILES string of the molecule is C=C1CC2C(CCc3cc4oc5nc(C)ccc5c4cc3C(C)=N1)c1ccccc1-c1cc(C3CCCCC3)c([Si](C)(C)C)c[n+]12. The van der Waals surface area contributed by atoms with Gasteiger partial charge in [-0.3, -0.25) is 4.99 Å². The van der Waals surface area contributed by atoms with Crippen LogP contribution < -0.4 is 9.75 Å². The lowest BCUT2D eigenvalue weighted by atomic mass is 9.76. The van der Waals surface area contributed by atoms with E-state index >= 15 is 0 Å². The fraction of sp³-hybridized carbons (Fsp3) is 0.390. The van der Waals surface area contributed by atoms with Gasteiger partial charge in [0.05, 0.1) is 14.5 Å². The quantitative estimate of drug-likeness (QED) is 0.145.